The average molecular weight is 220 g/mol. The molecule has 1 unspecified atom stereocenters. The van der Waals surface area contributed by atoms with Crippen LogP contribution >= 0.6 is 24.0 Å². The highest BCUT2D eigenvalue weighted by molar-refractivity contribution is 6.21. The summed E-state index contributed by atoms with van der Waals surface area (Å²) in [6, 6.07) is 10.1. The van der Waals surface area contributed by atoms with Crippen LogP contribution < -0.4 is 0 Å². The van der Waals surface area contributed by atoms with Crippen molar-refractivity contribution < 1.29 is 0 Å². The molecule has 0 heterocycles. The number of alkyl halides is 1. The second-order valence-corrected chi connectivity index (χ2v) is 3.67. The second-order valence-electron chi connectivity index (χ2n) is 3.14. The Balaban J connectivity index is 0.00000144. The number of nitrogens with zero attached hydrogens (tertiary/aromatic N) is 1. The van der Waals surface area contributed by atoms with Gasteiger partial charge in [-0.3, -0.25) is 0 Å². The van der Waals surface area contributed by atoms with Gasteiger partial charge in [0.1, 0.15) is 0 Å². The van der Waals surface area contributed by atoms with Crippen molar-refractivity contribution in [2.45, 2.75) is 5.38 Å². The van der Waals surface area contributed by atoms with Gasteiger partial charge in [0.2, 0.25) is 0 Å². The summed E-state index contributed by atoms with van der Waals surface area (Å²) in [5.74, 6) is 0. The fraction of sp³-hybridized carbons (Fsp3) is 0.400. The Kier molecular flexibility index (Phi) is 6.13. The topological polar surface area (TPSA) is 3.24 Å². The van der Waals surface area contributed by atoms with Crippen LogP contribution in [0, 0.1) is 0 Å². The highest BCUT2D eigenvalue weighted by Crippen LogP contribution is 2.19. The standard InChI is InChI=1S/C10H14ClN.ClH/c1-12(2)8-10(11)9-6-4-3-5-7-9;/h3-7,10H,8H2,1-2H3;1H. The normalized spacial score (nSPS) is 12.3. The summed E-state index contributed by atoms with van der Waals surface area (Å²) in [6.07, 6.45) is 0. The zero-order valence-corrected chi connectivity index (χ0v) is 9.48. The van der Waals surface area contributed by atoms with Gasteiger partial charge in [-0.1, -0.05) is 30.3 Å². The van der Waals surface area contributed by atoms with Crippen LogP contribution in [0.15, 0.2) is 30.3 Å². The third-order valence-corrected chi connectivity index (χ3v) is 2.08. The summed E-state index contributed by atoms with van der Waals surface area (Å²) in [7, 11) is 4.05. The number of hydrogen-bond donors (Lipinski definition) is 0. The molecule has 1 rings (SSSR count). The molecule has 0 aliphatic rings. The third kappa shape index (κ3) is 4.51. The number of halogens is 2. The van der Waals surface area contributed by atoms with E-state index in [1.807, 2.05) is 32.3 Å². The van der Waals surface area contributed by atoms with E-state index in [-0.39, 0.29) is 17.8 Å². The van der Waals surface area contributed by atoms with E-state index in [0.29, 0.717) is 0 Å². The maximum absolute atomic E-state index is 6.16. The maximum Gasteiger partial charge on any atom is 0.0712 e. The summed E-state index contributed by atoms with van der Waals surface area (Å²) in [5.41, 5.74) is 1.19. The van der Waals surface area contributed by atoms with Crippen LogP contribution in [-0.4, -0.2) is 25.5 Å². The Hall–Kier alpha value is -0.240. The molecular formula is C10H15Cl2N. The van der Waals surface area contributed by atoms with Crippen molar-refractivity contribution in [3.05, 3.63) is 35.9 Å². The Labute approximate surface area is 91.1 Å². The molecule has 0 fully saturated rings. The monoisotopic (exact) mass is 219 g/mol. The number of hydrogen-bond acceptors (Lipinski definition) is 1. The Morgan fingerprint density at radius 1 is 1.23 bits per heavy atom. The molecule has 0 spiro atoms. The Bertz CT molecular complexity index is 224. The molecule has 74 valence electrons. The molecular weight excluding hydrogens is 205 g/mol. The summed E-state index contributed by atoms with van der Waals surface area (Å²) in [4.78, 5) is 2.09. The first-order valence-electron chi connectivity index (χ1n) is 4.04. The van der Waals surface area contributed by atoms with E-state index >= 15 is 0 Å². The molecule has 13 heavy (non-hydrogen) atoms. The van der Waals surface area contributed by atoms with Crippen LogP contribution in [0.25, 0.3) is 0 Å². The van der Waals surface area contributed by atoms with Crippen molar-refractivity contribution in [2.75, 3.05) is 20.6 Å². The first-order valence-corrected chi connectivity index (χ1v) is 4.47. The van der Waals surface area contributed by atoms with E-state index in [4.69, 9.17) is 11.6 Å². The molecule has 0 saturated carbocycles. The van der Waals surface area contributed by atoms with Crippen molar-refractivity contribution in [3.63, 3.8) is 0 Å². The number of likely N-dealkylation sites (N-methyl/N-ethyl adjacent to an activating group) is 1. The van der Waals surface area contributed by atoms with Gasteiger partial charge in [0, 0.05) is 6.54 Å². The molecule has 0 aliphatic heterocycles. The molecule has 0 aliphatic carbocycles. The van der Waals surface area contributed by atoms with Crippen LogP contribution in [0.3, 0.4) is 0 Å². The predicted octanol–water partition coefficient (Wildman–Crippen LogP) is 2.95. The van der Waals surface area contributed by atoms with Crippen molar-refractivity contribution in [1.82, 2.24) is 4.90 Å². The van der Waals surface area contributed by atoms with Crippen molar-refractivity contribution in [3.8, 4) is 0 Å². The van der Waals surface area contributed by atoms with E-state index in [0.717, 1.165) is 6.54 Å². The summed E-state index contributed by atoms with van der Waals surface area (Å²) in [6.45, 7) is 0.881. The van der Waals surface area contributed by atoms with Gasteiger partial charge >= 0.3 is 0 Å². The van der Waals surface area contributed by atoms with Crippen molar-refractivity contribution >= 4 is 24.0 Å². The minimum absolute atomic E-state index is 0. The van der Waals surface area contributed by atoms with Gasteiger partial charge < -0.3 is 4.90 Å². The van der Waals surface area contributed by atoms with Crippen LogP contribution in [0.2, 0.25) is 0 Å². The van der Waals surface area contributed by atoms with E-state index in [9.17, 15) is 0 Å². The lowest BCUT2D eigenvalue weighted by Gasteiger charge is -2.14. The summed E-state index contributed by atoms with van der Waals surface area (Å²) in [5, 5.41) is 0.0983. The lowest BCUT2D eigenvalue weighted by Crippen LogP contribution is -2.17. The van der Waals surface area contributed by atoms with E-state index in [1.165, 1.54) is 5.56 Å². The fourth-order valence-corrected chi connectivity index (χ4v) is 1.51. The molecule has 0 amide bonds. The Morgan fingerprint density at radius 2 is 1.77 bits per heavy atom. The molecule has 1 atom stereocenters. The Morgan fingerprint density at radius 3 is 2.23 bits per heavy atom. The van der Waals surface area contributed by atoms with E-state index in [1.54, 1.807) is 0 Å². The van der Waals surface area contributed by atoms with Crippen LogP contribution in [0.4, 0.5) is 0 Å². The van der Waals surface area contributed by atoms with Gasteiger partial charge in [0.25, 0.3) is 0 Å². The number of rotatable bonds is 3. The van der Waals surface area contributed by atoms with E-state index < -0.39 is 0 Å². The SMILES string of the molecule is CN(C)CC(Cl)c1ccccc1.Cl. The molecule has 1 nitrogen and oxygen atoms in total. The second kappa shape index (κ2) is 6.25. The smallest absolute Gasteiger partial charge is 0.0712 e. The molecule has 0 saturated heterocycles. The average Bonchev–Trinajstić information content (AvgIpc) is 2.05. The molecule has 0 bridgehead atoms. The van der Waals surface area contributed by atoms with Crippen LogP contribution in [0.5, 0.6) is 0 Å². The quantitative estimate of drug-likeness (QED) is 0.708. The largest absolute Gasteiger partial charge is 0.308 e. The zero-order valence-electron chi connectivity index (χ0n) is 7.90. The molecule has 1 aromatic carbocycles. The van der Waals surface area contributed by atoms with Gasteiger partial charge in [-0.15, -0.1) is 24.0 Å². The first kappa shape index (κ1) is 12.8. The van der Waals surface area contributed by atoms with Crippen molar-refractivity contribution in [1.29, 1.82) is 0 Å². The minimum atomic E-state index is 0. The lowest BCUT2D eigenvalue weighted by molar-refractivity contribution is 0.408. The summed E-state index contributed by atoms with van der Waals surface area (Å²) < 4.78 is 0. The fourth-order valence-electron chi connectivity index (χ4n) is 1.09. The predicted molar refractivity (Wildman–Crippen MR) is 60.8 cm³/mol. The maximum atomic E-state index is 6.16. The van der Waals surface area contributed by atoms with Gasteiger partial charge in [0.15, 0.2) is 0 Å². The lowest BCUT2D eigenvalue weighted by atomic mass is 10.1. The third-order valence-electron chi connectivity index (χ3n) is 1.69. The van der Waals surface area contributed by atoms with E-state index in [2.05, 4.69) is 17.0 Å². The zero-order chi connectivity index (χ0) is 8.97. The first-order chi connectivity index (χ1) is 5.70. The molecule has 3 heteroatoms. The summed E-state index contributed by atoms with van der Waals surface area (Å²) >= 11 is 6.16. The van der Waals surface area contributed by atoms with Gasteiger partial charge in [-0.2, -0.15) is 0 Å². The molecule has 1 aromatic rings. The molecule has 0 N–H and O–H groups in total. The van der Waals surface area contributed by atoms with Gasteiger partial charge in [0.05, 0.1) is 5.38 Å². The molecule has 0 aromatic heterocycles. The van der Waals surface area contributed by atoms with Crippen LogP contribution in [0.1, 0.15) is 10.9 Å². The van der Waals surface area contributed by atoms with Gasteiger partial charge in [-0.05, 0) is 19.7 Å². The number of benzene rings is 1. The highest BCUT2D eigenvalue weighted by Gasteiger charge is 2.07. The molecule has 0 radical (unpaired) electrons. The highest BCUT2D eigenvalue weighted by atomic mass is 35.5. The minimum Gasteiger partial charge on any atom is -0.308 e. The van der Waals surface area contributed by atoms with Gasteiger partial charge in [-0.25, -0.2) is 0 Å². The van der Waals surface area contributed by atoms with Crippen molar-refractivity contribution in [2.24, 2.45) is 0 Å². The van der Waals surface area contributed by atoms with Crippen LogP contribution in [-0.2, 0) is 0 Å².